The quantitative estimate of drug-likeness (QED) is 0.913. The maximum atomic E-state index is 8.88. The summed E-state index contributed by atoms with van der Waals surface area (Å²) in [7, 11) is 0. The molecule has 2 aromatic rings. The van der Waals surface area contributed by atoms with Crippen molar-refractivity contribution in [2.24, 2.45) is 0 Å². The molecular weight excluding hydrogens is 286 g/mol. The van der Waals surface area contributed by atoms with Crippen LogP contribution in [-0.2, 0) is 6.54 Å². The fourth-order valence-corrected chi connectivity index (χ4v) is 1.93. The van der Waals surface area contributed by atoms with E-state index in [0.717, 1.165) is 11.3 Å². The first kappa shape index (κ1) is 14.7. The molecule has 4 nitrogen and oxygen atoms in total. The van der Waals surface area contributed by atoms with E-state index in [4.69, 9.17) is 26.9 Å². The minimum atomic E-state index is 0.0359. The first-order valence-corrected chi connectivity index (χ1v) is 6.63. The van der Waals surface area contributed by atoms with Gasteiger partial charge in [0.1, 0.15) is 11.8 Å². The molecule has 0 aliphatic carbocycles. The first-order chi connectivity index (χ1) is 10.2. The minimum absolute atomic E-state index is 0.0359. The van der Waals surface area contributed by atoms with E-state index in [1.165, 1.54) is 0 Å². The molecule has 1 N–H and O–H groups in total. The molecule has 21 heavy (non-hydrogen) atoms. The summed E-state index contributed by atoms with van der Waals surface area (Å²) >= 11 is 6.08. The molecule has 0 bridgehead atoms. The SMILES string of the molecule is N#CCOc1ccc(CNc2cc(C#N)ccc2Cl)cc1. The van der Waals surface area contributed by atoms with Gasteiger partial charge in [-0.3, -0.25) is 0 Å². The van der Waals surface area contributed by atoms with Crippen LogP contribution in [0.3, 0.4) is 0 Å². The maximum Gasteiger partial charge on any atom is 0.174 e. The molecule has 0 aliphatic rings. The Morgan fingerprint density at radius 1 is 1.10 bits per heavy atom. The monoisotopic (exact) mass is 297 g/mol. The van der Waals surface area contributed by atoms with E-state index < -0.39 is 0 Å². The zero-order valence-electron chi connectivity index (χ0n) is 11.1. The highest BCUT2D eigenvalue weighted by atomic mass is 35.5. The van der Waals surface area contributed by atoms with Crippen LogP contribution in [0.4, 0.5) is 5.69 Å². The van der Waals surface area contributed by atoms with Crippen LogP contribution in [0.1, 0.15) is 11.1 Å². The number of nitrogens with zero attached hydrogens (tertiary/aromatic N) is 2. The summed E-state index contributed by atoms with van der Waals surface area (Å²) < 4.78 is 5.18. The second-order valence-corrected chi connectivity index (χ2v) is 4.66. The minimum Gasteiger partial charge on any atom is -0.479 e. The van der Waals surface area contributed by atoms with E-state index in [0.29, 0.717) is 22.9 Å². The van der Waals surface area contributed by atoms with E-state index in [-0.39, 0.29) is 6.61 Å². The van der Waals surface area contributed by atoms with Crippen molar-refractivity contribution in [1.82, 2.24) is 0 Å². The largest absolute Gasteiger partial charge is 0.479 e. The number of anilines is 1. The Kier molecular flexibility index (Phi) is 5.04. The lowest BCUT2D eigenvalue weighted by molar-refractivity contribution is 0.368. The van der Waals surface area contributed by atoms with Crippen molar-refractivity contribution in [2.45, 2.75) is 6.54 Å². The van der Waals surface area contributed by atoms with Gasteiger partial charge in [0.2, 0.25) is 0 Å². The van der Waals surface area contributed by atoms with Gasteiger partial charge in [-0.2, -0.15) is 10.5 Å². The topological polar surface area (TPSA) is 68.8 Å². The van der Waals surface area contributed by atoms with Crippen LogP contribution in [0.5, 0.6) is 5.75 Å². The van der Waals surface area contributed by atoms with E-state index in [2.05, 4.69) is 11.4 Å². The molecule has 5 heteroatoms. The van der Waals surface area contributed by atoms with Crippen LogP contribution in [0.15, 0.2) is 42.5 Å². The molecule has 0 spiro atoms. The molecule has 0 amide bonds. The Labute approximate surface area is 128 Å². The van der Waals surface area contributed by atoms with Gasteiger partial charge in [0, 0.05) is 6.54 Å². The maximum absolute atomic E-state index is 8.88. The highest BCUT2D eigenvalue weighted by Crippen LogP contribution is 2.23. The lowest BCUT2D eigenvalue weighted by atomic mass is 10.2. The van der Waals surface area contributed by atoms with E-state index in [9.17, 15) is 0 Å². The van der Waals surface area contributed by atoms with E-state index in [1.807, 2.05) is 30.3 Å². The number of nitrogens with one attached hydrogen (secondary N) is 1. The van der Waals surface area contributed by atoms with Gasteiger partial charge in [-0.25, -0.2) is 0 Å². The predicted octanol–water partition coefficient (Wildman–Crippen LogP) is 3.73. The van der Waals surface area contributed by atoms with Crippen LogP contribution < -0.4 is 10.1 Å². The van der Waals surface area contributed by atoms with E-state index in [1.54, 1.807) is 18.2 Å². The predicted molar refractivity (Wildman–Crippen MR) is 81.0 cm³/mol. The van der Waals surface area contributed by atoms with Crippen LogP contribution in [0, 0.1) is 22.7 Å². The number of hydrogen-bond acceptors (Lipinski definition) is 4. The van der Waals surface area contributed by atoms with Crippen molar-refractivity contribution in [1.29, 1.82) is 10.5 Å². The van der Waals surface area contributed by atoms with Crippen molar-refractivity contribution in [3.63, 3.8) is 0 Å². The van der Waals surface area contributed by atoms with Gasteiger partial charge < -0.3 is 10.1 Å². The third-order valence-corrected chi connectivity index (χ3v) is 3.13. The first-order valence-electron chi connectivity index (χ1n) is 6.25. The number of nitriles is 2. The number of halogens is 1. The summed E-state index contributed by atoms with van der Waals surface area (Å²) in [6.07, 6.45) is 0. The molecule has 0 saturated heterocycles. The summed E-state index contributed by atoms with van der Waals surface area (Å²) in [5, 5.41) is 21.1. The summed E-state index contributed by atoms with van der Waals surface area (Å²) in [6.45, 7) is 0.612. The molecule has 0 radical (unpaired) electrons. The molecule has 0 fully saturated rings. The van der Waals surface area contributed by atoms with Crippen molar-refractivity contribution in [3.05, 3.63) is 58.6 Å². The van der Waals surface area contributed by atoms with Gasteiger partial charge in [-0.05, 0) is 35.9 Å². The standard InChI is InChI=1S/C16H12ClN3O/c17-15-6-3-13(10-19)9-16(15)20-11-12-1-4-14(5-2-12)21-8-7-18/h1-6,9,20H,8,11H2. The van der Waals surface area contributed by atoms with Gasteiger partial charge in [-0.15, -0.1) is 0 Å². The van der Waals surface area contributed by atoms with Crippen molar-refractivity contribution < 1.29 is 4.74 Å². The average Bonchev–Trinajstić information content (AvgIpc) is 2.53. The van der Waals surface area contributed by atoms with Crippen LogP contribution in [0.2, 0.25) is 5.02 Å². The number of ether oxygens (including phenoxy) is 1. The Balaban J connectivity index is 2.00. The van der Waals surface area contributed by atoms with Crippen molar-refractivity contribution >= 4 is 17.3 Å². The Morgan fingerprint density at radius 3 is 2.52 bits per heavy atom. The van der Waals surface area contributed by atoms with Crippen LogP contribution in [-0.4, -0.2) is 6.61 Å². The van der Waals surface area contributed by atoms with Crippen molar-refractivity contribution in [3.8, 4) is 17.9 Å². The summed E-state index contributed by atoms with van der Waals surface area (Å²) in [5.41, 5.74) is 2.32. The second-order valence-electron chi connectivity index (χ2n) is 4.25. The smallest absolute Gasteiger partial charge is 0.174 e. The van der Waals surface area contributed by atoms with E-state index >= 15 is 0 Å². The molecule has 2 aromatic carbocycles. The van der Waals surface area contributed by atoms with Crippen LogP contribution >= 0.6 is 11.6 Å². The third kappa shape index (κ3) is 4.14. The molecule has 0 unspecified atom stereocenters. The van der Waals surface area contributed by atoms with Gasteiger partial charge in [0.25, 0.3) is 0 Å². The van der Waals surface area contributed by atoms with Crippen LogP contribution in [0.25, 0.3) is 0 Å². The fraction of sp³-hybridized carbons (Fsp3) is 0.125. The molecule has 0 saturated carbocycles. The summed E-state index contributed by atoms with van der Waals surface area (Å²) in [4.78, 5) is 0. The van der Waals surface area contributed by atoms with Gasteiger partial charge in [0.05, 0.1) is 22.3 Å². The van der Waals surface area contributed by atoms with Gasteiger partial charge >= 0.3 is 0 Å². The lowest BCUT2D eigenvalue weighted by Gasteiger charge is -2.09. The zero-order valence-corrected chi connectivity index (χ0v) is 11.9. The second kappa shape index (κ2) is 7.19. The number of rotatable bonds is 5. The van der Waals surface area contributed by atoms with Crippen molar-refractivity contribution in [2.75, 3.05) is 11.9 Å². The Morgan fingerprint density at radius 2 is 1.86 bits per heavy atom. The molecule has 0 atom stereocenters. The van der Waals surface area contributed by atoms with Gasteiger partial charge in [-0.1, -0.05) is 23.7 Å². The number of hydrogen-bond donors (Lipinski definition) is 1. The highest BCUT2D eigenvalue weighted by molar-refractivity contribution is 6.33. The summed E-state index contributed by atoms with van der Waals surface area (Å²) in [5.74, 6) is 0.657. The highest BCUT2D eigenvalue weighted by Gasteiger charge is 2.02. The summed E-state index contributed by atoms with van der Waals surface area (Å²) in [6, 6.07) is 16.5. The third-order valence-electron chi connectivity index (χ3n) is 2.81. The Bertz CT molecular complexity index is 699. The molecule has 0 aliphatic heterocycles. The molecule has 2 rings (SSSR count). The molecule has 0 heterocycles. The molecular formula is C16H12ClN3O. The average molecular weight is 298 g/mol. The molecule has 0 aromatic heterocycles. The zero-order chi connectivity index (χ0) is 15.1. The Hall–Kier alpha value is -2.69. The molecule has 104 valence electrons. The fourth-order valence-electron chi connectivity index (χ4n) is 1.75. The normalized spacial score (nSPS) is 9.48. The number of benzene rings is 2. The van der Waals surface area contributed by atoms with Gasteiger partial charge in [0.15, 0.2) is 6.61 Å². The lowest BCUT2D eigenvalue weighted by Crippen LogP contribution is -2.00.